The summed E-state index contributed by atoms with van der Waals surface area (Å²) in [5.74, 6) is 0. The molecule has 0 aliphatic carbocycles. The van der Waals surface area contributed by atoms with Gasteiger partial charge < -0.3 is 0 Å². The molecule has 2 heterocycles. The Morgan fingerprint density at radius 1 is 1.55 bits per heavy atom. The van der Waals surface area contributed by atoms with Gasteiger partial charge in [0.25, 0.3) is 0 Å². The fraction of sp³-hybridized carbons (Fsp3) is 0. The molecule has 0 N–H and O–H groups in total. The van der Waals surface area contributed by atoms with E-state index in [0.29, 0.717) is 5.15 Å². The van der Waals surface area contributed by atoms with E-state index in [1.165, 1.54) is 0 Å². The van der Waals surface area contributed by atoms with Crippen LogP contribution in [0.1, 0.15) is 0 Å². The van der Waals surface area contributed by atoms with Crippen molar-refractivity contribution in [1.29, 1.82) is 0 Å². The van der Waals surface area contributed by atoms with Gasteiger partial charge in [0.05, 0.1) is 0 Å². The van der Waals surface area contributed by atoms with Crippen molar-refractivity contribution in [3.63, 3.8) is 0 Å². The summed E-state index contributed by atoms with van der Waals surface area (Å²) in [7, 11) is 0. The first kappa shape index (κ1) is 7.06. The quantitative estimate of drug-likeness (QED) is 0.652. The van der Waals surface area contributed by atoms with Gasteiger partial charge in [0, 0.05) is 12.3 Å². The summed E-state index contributed by atoms with van der Waals surface area (Å²) >= 11 is 8.89. The second-order valence-corrected chi connectivity index (χ2v) is 3.24. The van der Waals surface area contributed by atoms with E-state index in [2.05, 4.69) is 25.9 Å². The molecule has 0 bridgehead atoms. The Kier molecular flexibility index (Phi) is 1.58. The Labute approximate surface area is 76.2 Å². The van der Waals surface area contributed by atoms with Gasteiger partial charge in [-0.15, -0.1) is 0 Å². The number of halogens is 2. The summed E-state index contributed by atoms with van der Waals surface area (Å²) in [5, 5.41) is 0.454. The van der Waals surface area contributed by atoms with Crippen LogP contribution in [0.4, 0.5) is 0 Å². The summed E-state index contributed by atoms with van der Waals surface area (Å²) in [6.45, 7) is 0. The van der Waals surface area contributed by atoms with E-state index in [1.54, 1.807) is 16.8 Å². The van der Waals surface area contributed by atoms with Crippen molar-refractivity contribution < 1.29 is 0 Å². The van der Waals surface area contributed by atoms with E-state index in [1.807, 2.05) is 6.20 Å². The number of fused-ring (bicyclic) bond motifs is 1. The van der Waals surface area contributed by atoms with Crippen molar-refractivity contribution in [2.45, 2.75) is 0 Å². The van der Waals surface area contributed by atoms with Crippen LogP contribution in [-0.2, 0) is 0 Å². The molecule has 0 fully saturated rings. The maximum atomic E-state index is 5.65. The van der Waals surface area contributed by atoms with Crippen LogP contribution in [0.15, 0.2) is 23.2 Å². The number of hydrogen-bond donors (Lipinski definition) is 0. The minimum Gasteiger partial charge on any atom is -0.289 e. The first-order valence-electron chi connectivity index (χ1n) is 2.91. The molecule has 11 heavy (non-hydrogen) atoms. The highest BCUT2D eigenvalue weighted by molar-refractivity contribution is 9.10. The first-order valence-corrected chi connectivity index (χ1v) is 4.08. The van der Waals surface area contributed by atoms with E-state index in [-0.39, 0.29) is 0 Å². The smallest absolute Gasteiger partial charge is 0.142 e. The van der Waals surface area contributed by atoms with Crippen LogP contribution in [0.3, 0.4) is 0 Å². The van der Waals surface area contributed by atoms with Gasteiger partial charge in [-0.2, -0.15) is 0 Å². The van der Waals surface area contributed by atoms with Crippen molar-refractivity contribution in [2.75, 3.05) is 0 Å². The highest BCUT2D eigenvalue weighted by atomic mass is 79.9. The Balaban J connectivity index is 2.82. The van der Waals surface area contributed by atoms with Crippen molar-refractivity contribution in [3.05, 3.63) is 28.3 Å². The summed E-state index contributed by atoms with van der Waals surface area (Å²) in [6.07, 6.45) is 3.44. The average molecular weight is 232 g/mol. The normalized spacial score (nSPS) is 10.7. The van der Waals surface area contributed by atoms with E-state index < -0.39 is 0 Å². The largest absolute Gasteiger partial charge is 0.289 e. The highest BCUT2D eigenvalue weighted by Gasteiger charge is 1.98. The molecule has 2 rings (SSSR count). The van der Waals surface area contributed by atoms with Crippen molar-refractivity contribution in [3.8, 4) is 0 Å². The highest BCUT2D eigenvalue weighted by Crippen LogP contribution is 2.12. The SMILES string of the molecule is Clc1cc2nc(Br)cn2cn1. The molecule has 56 valence electrons. The fourth-order valence-electron chi connectivity index (χ4n) is 0.837. The number of imidazole rings is 1. The van der Waals surface area contributed by atoms with Crippen molar-refractivity contribution in [1.82, 2.24) is 14.4 Å². The molecule has 2 aromatic heterocycles. The third-order valence-corrected chi connectivity index (χ3v) is 1.87. The van der Waals surface area contributed by atoms with E-state index >= 15 is 0 Å². The van der Waals surface area contributed by atoms with Crippen LogP contribution in [0, 0.1) is 0 Å². The van der Waals surface area contributed by atoms with Gasteiger partial charge in [-0.1, -0.05) is 11.6 Å². The second-order valence-electron chi connectivity index (χ2n) is 2.04. The van der Waals surface area contributed by atoms with Gasteiger partial charge in [-0.05, 0) is 15.9 Å². The van der Waals surface area contributed by atoms with Crippen molar-refractivity contribution in [2.24, 2.45) is 0 Å². The van der Waals surface area contributed by atoms with Gasteiger partial charge in [0.1, 0.15) is 21.7 Å². The van der Waals surface area contributed by atoms with E-state index in [9.17, 15) is 0 Å². The van der Waals surface area contributed by atoms with Gasteiger partial charge in [0.2, 0.25) is 0 Å². The Hall–Kier alpha value is -0.610. The molecule has 0 amide bonds. The lowest BCUT2D eigenvalue weighted by atomic mass is 10.6. The van der Waals surface area contributed by atoms with E-state index in [4.69, 9.17) is 11.6 Å². The van der Waals surface area contributed by atoms with Crippen LogP contribution in [0.2, 0.25) is 5.15 Å². The van der Waals surface area contributed by atoms with Crippen LogP contribution in [0.5, 0.6) is 0 Å². The molecule has 2 aromatic rings. The zero-order valence-corrected chi connectivity index (χ0v) is 7.67. The molecule has 0 saturated carbocycles. The van der Waals surface area contributed by atoms with Crippen LogP contribution >= 0.6 is 27.5 Å². The fourth-order valence-corrected chi connectivity index (χ4v) is 1.38. The number of nitrogens with zero attached hydrogens (tertiary/aromatic N) is 3. The Morgan fingerprint density at radius 2 is 2.36 bits per heavy atom. The third-order valence-electron chi connectivity index (χ3n) is 1.29. The maximum absolute atomic E-state index is 5.65. The molecule has 0 saturated heterocycles. The predicted octanol–water partition coefficient (Wildman–Crippen LogP) is 2.15. The van der Waals surface area contributed by atoms with Gasteiger partial charge in [-0.3, -0.25) is 4.40 Å². The molecule has 0 spiro atoms. The Bertz CT molecular complexity index is 398. The first-order chi connectivity index (χ1) is 5.25. The lowest BCUT2D eigenvalue weighted by Crippen LogP contribution is -1.84. The number of hydrogen-bond acceptors (Lipinski definition) is 2. The van der Waals surface area contributed by atoms with Gasteiger partial charge >= 0.3 is 0 Å². The molecule has 3 nitrogen and oxygen atoms in total. The number of rotatable bonds is 0. The Morgan fingerprint density at radius 3 is 3.18 bits per heavy atom. The molecular formula is C6H3BrClN3. The standard InChI is InChI=1S/C6H3BrClN3/c7-4-2-11-3-9-5(8)1-6(11)10-4/h1-3H. The maximum Gasteiger partial charge on any atom is 0.142 e. The second kappa shape index (κ2) is 2.46. The van der Waals surface area contributed by atoms with Crippen LogP contribution in [0.25, 0.3) is 5.65 Å². The zero-order chi connectivity index (χ0) is 7.84. The molecule has 0 atom stereocenters. The van der Waals surface area contributed by atoms with Gasteiger partial charge in [-0.25, -0.2) is 9.97 Å². The lowest BCUT2D eigenvalue weighted by molar-refractivity contribution is 1.09. The molecule has 0 unspecified atom stereocenters. The molecule has 0 aliphatic heterocycles. The van der Waals surface area contributed by atoms with Crippen LogP contribution in [-0.4, -0.2) is 14.4 Å². The molecule has 0 radical (unpaired) electrons. The topological polar surface area (TPSA) is 30.2 Å². The summed E-state index contributed by atoms with van der Waals surface area (Å²) in [6, 6.07) is 1.70. The molecule has 0 aromatic carbocycles. The molecule has 5 heteroatoms. The summed E-state index contributed by atoms with van der Waals surface area (Å²) < 4.78 is 2.57. The zero-order valence-electron chi connectivity index (χ0n) is 5.33. The molecular weight excluding hydrogens is 229 g/mol. The van der Waals surface area contributed by atoms with Gasteiger partial charge in [0.15, 0.2) is 0 Å². The average Bonchev–Trinajstić information content (AvgIpc) is 2.27. The summed E-state index contributed by atoms with van der Waals surface area (Å²) in [4.78, 5) is 8.02. The molecule has 0 aliphatic rings. The van der Waals surface area contributed by atoms with E-state index in [0.717, 1.165) is 10.3 Å². The third kappa shape index (κ3) is 1.23. The monoisotopic (exact) mass is 231 g/mol. The minimum atomic E-state index is 0.454. The predicted molar refractivity (Wildman–Crippen MR) is 45.7 cm³/mol. The minimum absolute atomic E-state index is 0.454. The lowest BCUT2D eigenvalue weighted by Gasteiger charge is -1.89. The van der Waals surface area contributed by atoms with Crippen molar-refractivity contribution >= 4 is 33.2 Å². The van der Waals surface area contributed by atoms with Crippen LogP contribution < -0.4 is 0 Å². The summed E-state index contributed by atoms with van der Waals surface area (Å²) in [5.41, 5.74) is 0.789. The number of aromatic nitrogens is 3.